The highest BCUT2D eigenvalue weighted by atomic mass is 16.6. The lowest BCUT2D eigenvalue weighted by molar-refractivity contribution is 0.165. The van der Waals surface area contributed by atoms with E-state index in [-0.39, 0.29) is 6.09 Å². The molecule has 0 N–H and O–H groups in total. The van der Waals surface area contributed by atoms with Crippen molar-refractivity contribution in [2.75, 3.05) is 13.6 Å². The third kappa shape index (κ3) is 2.36. The van der Waals surface area contributed by atoms with Crippen molar-refractivity contribution in [3.05, 3.63) is 36.5 Å². The number of hydrogen-bond donors (Lipinski definition) is 0. The van der Waals surface area contributed by atoms with Crippen LogP contribution in [0.2, 0.25) is 0 Å². The summed E-state index contributed by atoms with van der Waals surface area (Å²) in [6.07, 6.45) is 1.31. The third-order valence-electron chi connectivity index (χ3n) is 2.58. The van der Waals surface area contributed by atoms with Gasteiger partial charge in [0.05, 0.1) is 0 Å². The van der Waals surface area contributed by atoms with Gasteiger partial charge in [-0.05, 0) is 19.1 Å². The quantitative estimate of drug-likeness (QED) is 0.796. The molecular weight excluding hydrogens is 216 g/mol. The number of para-hydroxylation sites is 1. The summed E-state index contributed by atoms with van der Waals surface area (Å²) in [6, 6.07) is 9.31. The average Bonchev–Trinajstić information content (AvgIpc) is 2.38. The van der Waals surface area contributed by atoms with Gasteiger partial charge in [0, 0.05) is 25.2 Å². The first-order valence-corrected chi connectivity index (χ1v) is 5.49. The van der Waals surface area contributed by atoms with E-state index >= 15 is 0 Å². The fourth-order valence-electron chi connectivity index (χ4n) is 1.46. The van der Waals surface area contributed by atoms with Gasteiger partial charge in [-0.3, -0.25) is 4.98 Å². The molecule has 2 rings (SSSR count). The largest absolute Gasteiger partial charge is 0.415 e. The fourth-order valence-corrected chi connectivity index (χ4v) is 1.46. The Morgan fingerprint density at radius 3 is 2.88 bits per heavy atom. The number of aromatic nitrogens is 1. The minimum atomic E-state index is -0.370. The van der Waals surface area contributed by atoms with Crippen LogP contribution in [0.15, 0.2) is 36.5 Å². The maximum absolute atomic E-state index is 11.7. The van der Waals surface area contributed by atoms with Crippen LogP contribution in [0.4, 0.5) is 4.79 Å². The van der Waals surface area contributed by atoms with E-state index in [0.717, 1.165) is 5.39 Å². The lowest BCUT2D eigenvalue weighted by Crippen LogP contribution is -2.29. The van der Waals surface area contributed by atoms with E-state index in [1.807, 2.05) is 31.2 Å². The summed E-state index contributed by atoms with van der Waals surface area (Å²) in [5.74, 6) is 0.494. The molecule has 4 nitrogen and oxygen atoms in total. The number of amides is 1. The second kappa shape index (κ2) is 4.82. The Kier molecular flexibility index (Phi) is 3.23. The van der Waals surface area contributed by atoms with Crippen molar-refractivity contribution in [2.45, 2.75) is 6.92 Å². The first-order valence-electron chi connectivity index (χ1n) is 5.49. The number of carbonyl (C=O) groups is 1. The predicted molar refractivity (Wildman–Crippen MR) is 66.1 cm³/mol. The monoisotopic (exact) mass is 230 g/mol. The normalized spacial score (nSPS) is 10.2. The van der Waals surface area contributed by atoms with Crippen LogP contribution >= 0.6 is 0 Å². The molecule has 1 heterocycles. The Balaban J connectivity index is 2.33. The first-order chi connectivity index (χ1) is 8.22. The van der Waals surface area contributed by atoms with Gasteiger partial charge in [0.1, 0.15) is 5.52 Å². The Labute approximate surface area is 99.8 Å². The molecule has 4 heteroatoms. The van der Waals surface area contributed by atoms with E-state index in [0.29, 0.717) is 17.8 Å². The second-order valence-electron chi connectivity index (χ2n) is 3.71. The molecule has 2 aromatic rings. The van der Waals surface area contributed by atoms with Crippen LogP contribution in [0.3, 0.4) is 0 Å². The molecule has 0 saturated heterocycles. The molecule has 0 unspecified atom stereocenters. The van der Waals surface area contributed by atoms with Crippen molar-refractivity contribution in [1.29, 1.82) is 0 Å². The van der Waals surface area contributed by atoms with Crippen molar-refractivity contribution < 1.29 is 9.53 Å². The van der Waals surface area contributed by atoms with E-state index in [4.69, 9.17) is 4.74 Å². The topological polar surface area (TPSA) is 42.4 Å². The molecule has 0 fully saturated rings. The van der Waals surface area contributed by atoms with Crippen molar-refractivity contribution in [2.24, 2.45) is 0 Å². The SMILES string of the molecule is CCN(C)C(=O)Oc1cccc2cccnc12. The number of fused-ring (bicyclic) bond motifs is 1. The summed E-state index contributed by atoms with van der Waals surface area (Å²) in [7, 11) is 1.70. The maximum Gasteiger partial charge on any atom is 0.415 e. The summed E-state index contributed by atoms with van der Waals surface area (Å²) in [6.45, 7) is 2.50. The minimum absolute atomic E-state index is 0.370. The average molecular weight is 230 g/mol. The zero-order chi connectivity index (χ0) is 12.3. The molecule has 0 saturated carbocycles. The lowest BCUT2D eigenvalue weighted by atomic mass is 10.2. The van der Waals surface area contributed by atoms with Gasteiger partial charge in [0.15, 0.2) is 5.75 Å². The molecule has 17 heavy (non-hydrogen) atoms. The van der Waals surface area contributed by atoms with Crippen LogP contribution in [0.1, 0.15) is 6.92 Å². The molecule has 0 spiro atoms. The smallest absolute Gasteiger partial charge is 0.408 e. The summed E-state index contributed by atoms with van der Waals surface area (Å²) >= 11 is 0. The lowest BCUT2D eigenvalue weighted by Gasteiger charge is -2.14. The van der Waals surface area contributed by atoms with Crippen LogP contribution in [-0.4, -0.2) is 29.6 Å². The Morgan fingerprint density at radius 1 is 1.35 bits per heavy atom. The number of pyridine rings is 1. The molecule has 1 amide bonds. The number of benzene rings is 1. The van der Waals surface area contributed by atoms with Crippen molar-refractivity contribution in [1.82, 2.24) is 9.88 Å². The van der Waals surface area contributed by atoms with Crippen LogP contribution in [0, 0.1) is 0 Å². The van der Waals surface area contributed by atoms with Gasteiger partial charge in [-0.2, -0.15) is 0 Å². The van der Waals surface area contributed by atoms with Gasteiger partial charge in [0.2, 0.25) is 0 Å². The van der Waals surface area contributed by atoms with Gasteiger partial charge >= 0.3 is 6.09 Å². The second-order valence-corrected chi connectivity index (χ2v) is 3.71. The van der Waals surface area contributed by atoms with E-state index in [2.05, 4.69) is 4.98 Å². The van der Waals surface area contributed by atoms with Gasteiger partial charge in [0.25, 0.3) is 0 Å². The number of hydrogen-bond acceptors (Lipinski definition) is 3. The maximum atomic E-state index is 11.7. The molecule has 0 aliphatic carbocycles. The van der Waals surface area contributed by atoms with Crippen LogP contribution in [0.25, 0.3) is 10.9 Å². The number of carbonyl (C=O) groups excluding carboxylic acids is 1. The number of nitrogens with zero attached hydrogens (tertiary/aromatic N) is 2. The molecule has 88 valence electrons. The first kappa shape index (κ1) is 11.4. The van der Waals surface area contributed by atoms with Gasteiger partial charge in [-0.25, -0.2) is 4.79 Å². The highest BCUT2D eigenvalue weighted by Crippen LogP contribution is 2.23. The predicted octanol–water partition coefficient (Wildman–Crippen LogP) is 2.69. The zero-order valence-electron chi connectivity index (χ0n) is 9.88. The summed E-state index contributed by atoms with van der Waals surface area (Å²) < 4.78 is 5.30. The van der Waals surface area contributed by atoms with E-state index in [1.54, 1.807) is 19.3 Å². The summed E-state index contributed by atoms with van der Waals surface area (Å²) in [5.41, 5.74) is 0.702. The summed E-state index contributed by atoms with van der Waals surface area (Å²) in [5, 5.41) is 0.956. The van der Waals surface area contributed by atoms with Crippen molar-refractivity contribution >= 4 is 17.0 Å². The zero-order valence-corrected chi connectivity index (χ0v) is 9.88. The minimum Gasteiger partial charge on any atom is -0.408 e. The van der Waals surface area contributed by atoms with E-state index in [9.17, 15) is 4.79 Å². The van der Waals surface area contributed by atoms with Crippen molar-refractivity contribution in [3.8, 4) is 5.75 Å². The Morgan fingerprint density at radius 2 is 2.12 bits per heavy atom. The molecule has 1 aromatic heterocycles. The Bertz CT molecular complexity index is 534. The highest BCUT2D eigenvalue weighted by molar-refractivity contribution is 5.86. The van der Waals surface area contributed by atoms with Crippen LogP contribution in [-0.2, 0) is 0 Å². The van der Waals surface area contributed by atoms with E-state index < -0.39 is 0 Å². The molecule has 0 radical (unpaired) electrons. The van der Waals surface area contributed by atoms with E-state index in [1.165, 1.54) is 4.90 Å². The van der Waals surface area contributed by atoms with Gasteiger partial charge in [-0.1, -0.05) is 18.2 Å². The Hall–Kier alpha value is -2.10. The molecule has 0 bridgehead atoms. The van der Waals surface area contributed by atoms with Crippen LogP contribution < -0.4 is 4.74 Å². The van der Waals surface area contributed by atoms with Crippen LogP contribution in [0.5, 0.6) is 5.75 Å². The fraction of sp³-hybridized carbons (Fsp3) is 0.231. The number of ether oxygens (including phenoxy) is 1. The standard InChI is InChI=1S/C13H14N2O2/c1-3-15(2)13(16)17-11-8-4-6-10-7-5-9-14-12(10)11/h4-9H,3H2,1-2H3. The van der Waals surface area contributed by atoms with Gasteiger partial charge in [-0.15, -0.1) is 0 Å². The molecule has 0 aliphatic heterocycles. The molecular formula is C13H14N2O2. The number of rotatable bonds is 2. The molecule has 1 aromatic carbocycles. The molecule has 0 atom stereocenters. The molecule has 0 aliphatic rings. The third-order valence-corrected chi connectivity index (χ3v) is 2.58. The van der Waals surface area contributed by atoms with Crippen molar-refractivity contribution in [3.63, 3.8) is 0 Å². The van der Waals surface area contributed by atoms with Gasteiger partial charge < -0.3 is 9.64 Å². The summed E-state index contributed by atoms with van der Waals surface area (Å²) in [4.78, 5) is 17.4. The highest BCUT2D eigenvalue weighted by Gasteiger charge is 2.11.